The van der Waals surface area contributed by atoms with E-state index in [1.807, 2.05) is 0 Å². The van der Waals surface area contributed by atoms with Gasteiger partial charge in [-0.25, -0.2) is 15.0 Å². The summed E-state index contributed by atoms with van der Waals surface area (Å²) in [7, 11) is 0. The molecule has 1 saturated carbocycles. The average molecular weight is 328 g/mol. The Labute approximate surface area is 136 Å². The molecule has 3 aromatic rings. The van der Waals surface area contributed by atoms with Crippen LogP contribution in [0.25, 0.3) is 16.3 Å². The molecule has 1 amide bonds. The second-order valence-electron chi connectivity index (χ2n) is 5.66. The van der Waals surface area contributed by atoms with E-state index in [9.17, 15) is 4.79 Å². The van der Waals surface area contributed by atoms with Crippen LogP contribution in [0, 0.1) is 0 Å². The number of amides is 1. The average Bonchev–Trinajstić information content (AvgIpc) is 3.26. The van der Waals surface area contributed by atoms with E-state index in [2.05, 4.69) is 25.3 Å². The molecule has 3 aromatic heterocycles. The molecule has 8 heteroatoms. The van der Waals surface area contributed by atoms with E-state index in [1.54, 1.807) is 28.8 Å². The monoisotopic (exact) mass is 328 g/mol. The first kappa shape index (κ1) is 14.3. The largest absolute Gasteiger partial charge is 0.348 e. The molecule has 23 heavy (non-hydrogen) atoms. The summed E-state index contributed by atoms with van der Waals surface area (Å²) in [4.78, 5) is 29.8. The van der Waals surface area contributed by atoms with Gasteiger partial charge in [0.15, 0.2) is 11.3 Å². The zero-order valence-electron chi connectivity index (χ0n) is 12.5. The maximum Gasteiger partial charge on any atom is 0.271 e. The number of rotatable bonds is 3. The molecule has 1 N–H and O–H groups in total. The minimum Gasteiger partial charge on any atom is -0.348 e. The van der Waals surface area contributed by atoms with Gasteiger partial charge in [0.1, 0.15) is 11.0 Å². The fourth-order valence-electron chi connectivity index (χ4n) is 2.90. The number of aromatic nitrogens is 5. The number of nitrogens with one attached hydrogen (secondary N) is 1. The lowest BCUT2D eigenvalue weighted by molar-refractivity contribution is 0.0924. The molecule has 118 valence electrons. The van der Waals surface area contributed by atoms with Gasteiger partial charge in [-0.15, -0.1) is 11.3 Å². The lowest BCUT2D eigenvalue weighted by Gasteiger charge is -2.22. The number of hydrogen-bond acceptors (Lipinski definition) is 6. The van der Waals surface area contributed by atoms with Crippen molar-refractivity contribution < 1.29 is 4.79 Å². The summed E-state index contributed by atoms with van der Waals surface area (Å²) in [6, 6.07) is 0.242. The molecule has 0 unspecified atom stereocenters. The Morgan fingerprint density at radius 3 is 2.91 bits per heavy atom. The summed E-state index contributed by atoms with van der Waals surface area (Å²) in [5, 5.41) is 3.11. The molecule has 7 nitrogen and oxygen atoms in total. The second kappa shape index (κ2) is 6.04. The van der Waals surface area contributed by atoms with E-state index < -0.39 is 0 Å². The maximum absolute atomic E-state index is 12.7. The first-order valence-corrected chi connectivity index (χ1v) is 8.59. The van der Waals surface area contributed by atoms with Gasteiger partial charge in [-0.3, -0.25) is 9.36 Å². The van der Waals surface area contributed by atoms with Crippen LogP contribution >= 0.6 is 11.3 Å². The zero-order valence-corrected chi connectivity index (χ0v) is 13.3. The minimum absolute atomic E-state index is 0.144. The molecule has 0 atom stereocenters. The highest BCUT2D eigenvalue weighted by Gasteiger charge is 2.21. The molecule has 4 rings (SSSR count). The van der Waals surface area contributed by atoms with E-state index in [1.165, 1.54) is 30.6 Å². The Kier molecular flexibility index (Phi) is 3.74. The van der Waals surface area contributed by atoms with Gasteiger partial charge in [0.05, 0.1) is 5.51 Å². The van der Waals surface area contributed by atoms with Crippen molar-refractivity contribution in [3.8, 4) is 5.95 Å². The van der Waals surface area contributed by atoms with Crippen molar-refractivity contribution in [1.29, 1.82) is 0 Å². The summed E-state index contributed by atoms with van der Waals surface area (Å²) < 4.78 is 2.40. The molecule has 0 bridgehead atoms. The van der Waals surface area contributed by atoms with Crippen LogP contribution in [0.5, 0.6) is 0 Å². The van der Waals surface area contributed by atoms with Crippen LogP contribution in [-0.2, 0) is 0 Å². The molecular weight excluding hydrogens is 312 g/mol. The van der Waals surface area contributed by atoms with Crippen molar-refractivity contribution in [3.63, 3.8) is 0 Å². The highest BCUT2D eigenvalue weighted by atomic mass is 32.1. The van der Waals surface area contributed by atoms with Gasteiger partial charge in [-0.1, -0.05) is 19.3 Å². The van der Waals surface area contributed by atoms with Crippen LogP contribution in [0.2, 0.25) is 0 Å². The Morgan fingerprint density at radius 1 is 1.26 bits per heavy atom. The first-order chi connectivity index (χ1) is 11.3. The number of imidazole rings is 1. The number of fused-ring (bicyclic) bond motifs is 1. The van der Waals surface area contributed by atoms with Gasteiger partial charge in [-0.2, -0.15) is 4.98 Å². The van der Waals surface area contributed by atoms with Crippen molar-refractivity contribution in [2.24, 2.45) is 0 Å². The van der Waals surface area contributed by atoms with Crippen LogP contribution in [0.1, 0.15) is 42.6 Å². The third kappa shape index (κ3) is 2.81. The van der Waals surface area contributed by atoms with Gasteiger partial charge in [0.25, 0.3) is 5.91 Å². The third-order valence-electron chi connectivity index (χ3n) is 4.07. The number of nitrogens with zero attached hydrogens (tertiary/aromatic N) is 5. The predicted molar refractivity (Wildman–Crippen MR) is 86.7 cm³/mol. The summed E-state index contributed by atoms with van der Waals surface area (Å²) in [5.74, 6) is 0.268. The van der Waals surface area contributed by atoms with Crippen LogP contribution in [0.3, 0.4) is 0 Å². The van der Waals surface area contributed by atoms with Gasteiger partial charge in [0.2, 0.25) is 5.95 Å². The van der Waals surface area contributed by atoms with Gasteiger partial charge >= 0.3 is 0 Å². The maximum atomic E-state index is 12.7. The number of thiazole rings is 1. The predicted octanol–water partition coefficient (Wildman–Crippen LogP) is 2.33. The van der Waals surface area contributed by atoms with Crippen LogP contribution in [0.15, 0.2) is 24.2 Å². The van der Waals surface area contributed by atoms with E-state index >= 15 is 0 Å². The summed E-state index contributed by atoms with van der Waals surface area (Å²) in [6.45, 7) is 0. The van der Waals surface area contributed by atoms with Crippen LogP contribution < -0.4 is 5.32 Å². The minimum atomic E-state index is -0.144. The Balaban J connectivity index is 1.69. The molecule has 3 heterocycles. The second-order valence-corrected chi connectivity index (χ2v) is 6.51. The fourth-order valence-corrected chi connectivity index (χ4v) is 3.61. The molecular formula is C15H16N6OS. The lowest BCUT2D eigenvalue weighted by Crippen LogP contribution is -2.36. The van der Waals surface area contributed by atoms with E-state index in [0.717, 1.165) is 17.5 Å². The van der Waals surface area contributed by atoms with Crippen molar-refractivity contribution >= 4 is 27.6 Å². The van der Waals surface area contributed by atoms with Crippen molar-refractivity contribution in [1.82, 2.24) is 29.8 Å². The first-order valence-electron chi connectivity index (χ1n) is 7.72. The Bertz CT molecular complexity index is 822. The normalized spacial score (nSPS) is 15.8. The summed E-state index contributed by atoms with van der Waals surface area (Å²) in [6.07, 6.45) is 10.7. The Hall–Kier alpha value is -2.35. The van der Waals surface area contributed by atoms with Crippen molar-refractivity contribution in [3.05, 3.63) is 29.9 Å². The molecule has 1 aliphatic carbocycles. The number of carbonyl (C=O) groups is 1. The molecule has 0 aliphatic heterocycles. The zero-order chi connectivity index (χ0) is 15.6. The van der Waals surface area contributed by atoms with E-state index in [4.69, 9.17) is 0 Å². The van der Waals surface area contributed by atoms with Crippen molar-refractivity contribution in [2.45, 2.75) is 38.1 Å². The molecule has 0 spiro atoms. The summed E-state index contributed by atoms with van der Waals surface area (Å²) in [5.41, 5.74) is 2.63. The smallest absolute Gasteiger partial charge is 0.271 e. The Morgan fingerprint density at radius 2 is 2.13 bits per heavy atom. The van der Waals surface area contributed by atoms with Gasteiger partial charge < -0.3 is 5.32 Å². The highest BCUT2D eigenvalue weighted by molar-refractivity contribution is 7.17. The fraction of sp³-hybridized carbons (Fsp3) is 0.400. The molecule has 0 aromatic carbocycles. The topological polar surface area (TPSA) is 85.6 Å². The number of carbonyl (C=O) groups excluding carboxylic acids is 1. The van der Waals surface area contributed by atoms with E-state index in [-0.39, 0.29) is 11.9 Å². The molecule has 1 fully saturated rings. The third-order valence-corrected chi connectivity index (χ3v) is 4.89. The van der Waals surface area contributed by atoms with Crippen molar-refractivity contribution in [2.75, 3.05) is 0 Å². The quantitative estimate of drug-likeness (QED) is 0.797. The molecule has 0 saturated heterocycles. The van der Waals surface area contributed by atoms with Crippen LogP contribution in [-0.4, -0.2) is 36.5 Å². The molecule has 1 aliphatic rings. The van der Waals surface area contributed by atoms with E-state index in [0.29, 0.717) is 17.3 Å². The lowest BCUT2D eigenvalue weighted by atomic mass is 9.95. The van der Waals surface area contributed by atoms with Gasteiger partial charge in [-0.05, 0) is 12.8 Å². The standard InChI is InChI=1S/C15H16N6OS/c22-14(18-10-4-2-1-3-5-10)11-12-13(17-9-23-12)20-15(19-11)21-7-6-16-8-21/h6-10H,1-5H2,(H,18,22). The SMILES string of the molecule is O=C(NC1CCCCC1)c1nc(-n2ccnc2)nc2ncsc12. The summed E-state index contributed by atoms with van der Waals surface area (Å²) >= 11 is 1.39. The van der Waals surface area contributed by atoms with Gasteiger partial charge in [0, 0.05) is 18.4 Å². The van der Waals surface area contributed by atoms with Crippen LogP contribution in [0.4, 0.5) is 0 Å². The highest BCUT2D eigenvalue weighted by Crippen LogP contribution is 2.22. The molecule has 0 radical (unpaired) electrons. The number of hydrogen-bond donors (Lipinski definition) is 1.